The van der Waals surface area contributed by atoms with Crippen molar-refractivity contribution in [3.63, 3.8) is 0 Å². The van der Waals surface area contributed by atoms with Crippen LogP contribution in [0.5, 0.6) is 5.75 Å². The Balaban J connectivity index is 1.40. The highest BCUT2D eigenvalue weighted by molar-refractivity contribution is 6.01. The monoisotopic (exact) mass is 384 g/mol. The minimum atomic E-state index is 0.539. The lowest BCUT2D eigenvalue weighted by Crippen LogP contribution is -2.09. The molecule has 1 aliphatic carbocycles. The van der Waals surface area contributed by atoms with Crippen LogP contribution in [0.2, 0.25) is 0 Å². The molecule has 0 heterocycles. The molecule has 0 saturated heterocycles. The van der Waals surface area contributed by atoms with Crippen LogP contribution >= 0.6 is 0 Å². The molecule has 0 N–H and O–H groups in total. The van der Waals surface area contributed by atoms with Crippen LogP contribution in [0.1, 0.15) is 11.1 Å². The molecule has 0 radical (unpaired) electrons. The first-order valence-corrected chi connectivity index (χ1v) is 10.1. The average molecular weight is 384 g/mol. The molecule has 0 aromatic heterocycles. The first-order chi connectivity index (χ1) is 14.3. The Morgan fingerprint density at radius 3 is 2.24 bits per heavy atom. The second-order valence-electron chi connectivity index (χ2n) is 7.42. The zero-order valence-electron chi connectivity index (χ0n) is 16.6. The largest absolute Gasteiger partial charge is 0.491 e. The van der Waals surface area contributed by atoms with Gasteiger partial charge in [-0.15, -0.1) is 0 Å². The molecule has 3 nitrogen and oxygen atoms in total. The molecule has 0 spiro atoms. The summed E-state index contributed by atoms with van der Waals surface area (Å²) in [4.78, 5) is 0. The van der Waals surface area contributed by atoms with Crippen LogP contribution in [0.4, 0.5) is 0 Å². The molecule has 5 rings (SSSR count). The van der Waals surface area contributed by atoms with Crippen LogP contribution in [0.15, 0.2) is 66.7 Å². The fourth-order valence-corrected chi connectivity index (χ4v) is 4.32. The van der Waals surface area contributed by atoms with E-state index in [2.05, 4.69) is 66.7 Å². The molecular formula is C26H24O3. The molecular weight excluding hydrogens is 360 g/mol. The van der Waals surface area contributed by atoms with E-state index in [1.165, 1.54) is 43.8 Å². The van der Waals surface area contributed by atoms with E-state index in [0.29, 0.717) is 26.4 Å². The first-order valence-electron chi connectivity index (χ1n) is 10.1. The Bertz CT molecular complexity index is 1180. The van der Waals surface area contributed by atoms with E-state index in [1.807, 2.05) is 0 Å². The second-order valence-corrected chi connectivity index (χ2v) is 7.42. The highest BCUT2D eigenvalue weighted by Gasteiger charge is 2.22. The molecule has 4 aromatic rings. The molecule has 0 aliphatic heterocycles. The maximum atomic E-state index is 5.87. The number of benzene rings is 4. The minimum Gasteiger partial charge on any atom is -0.491 e. The van der Waals surface area contributed by atoms with Crippen LogP contribution in [0, 0.1) is 0 Å². The number of rotatable bonds is 7. The standard InChI is InChI=1S/C26H24O3/c1-27-12-13-28-14-15-29-20-8-11-22-19(16-20)7-10-24-23-9-6-18-4-2-3-5-21(18)25(23)17-26(22)24/h2-11,16H,12-15,17H2,1H3. The van der Waals surface area contributed by atoms with Crippen molar-refractivity contribution in [1.82, 2.24) is 0 Å². The van der Waals surface area contributed by atoms with Crippen molar-refractivity contribution in [2.75, 3.05) is 33.5 Å². The predicted molar refractivity (Wildman–Crippen MR) is 118 cm³/mol. The molecule has 1 aliphatic rings. The van der Waals surface area contributed by atoms with Gasteiger partial charge in [0.15, 0.2) is 0 Å². The predicted octanol–water partition coefficient (Wildman–Crippen LogP) is 5.61. The Hall–Kier alpha value is -2.88. The normalized spacial score (nSPS) is 12.3. The van der Waals surface area contributed by atoms with E-state index >= 15 is 0 Å². The van der Waals surface area contributed by atoms with Crippen molar-refractivity contribution in [2.24, 2.45) is 0 Å². The summed E-state index contributed by atoms with van der Waals surface area (Å²) < 4.78 is 16.3. The van der Waals surface area contributed by atoms with Gasteiger partial charge in [0, 0.05) is 7.11 Å². The summed E-state index contributed by atoms with van der Waals surface area (Å²) in [6, 6.07) is 24.0. The summed E-state index contributed by atoms with van der Waals surface area (Å²) in [5.74, 6) is 0.883. The SMILES string of the molecule is COCCOCCOc1ccc2c3c(ccc2c1)-c1ccc2ccccc2c1C3. The Labute approximate surface area is 170 Å². The van der Waals surface area contributed by atoms with Gasteiger partial charge in [0.25, 0.3) is 0 Å². The van der Waals surface area contributed by atoms with Crippen LogP contribution in [-0.2, 0) is 15.9 Å². The number of fused-ring (bicyclic) bond motifs is 7. The third-order valence-corrected chi connectivity index (χ3v) is 5.72. The van der Waals surface area contributed by atoms with E-state index in [0.717, 1.165) is 12.2 Å². The van der Waals surface area contributed by atoms with Crippen LogP contribution < -0.4 is 4.74 Å². The van der Waals surface area contributed by atoms with Crippen molar-refractivity contribution < 1.29 is 14.2 Å². The van der Waals surface area contributed by atoms with Crippen molar-refractivity contribution in [3.8, 4) is 16.9 Å². The molecule has 0 amide bonds. The van der Waals surface area contributed by atoms with Gasteiger partial charge in [-0.1, -0.05) is 54.6 Å². The number of hydrogen-bond donors (Lipinski definition) is 0. The third kappa shape index (κ3) is 3.37. The number of methoxy groups -OCH3 is 1. The summed E-state index contributed by atoms with van der Waals surface area (Å²) in [5.41, 5.74) is 5.59. The van der Waals surface area contributed by atoms with Crippen molar-refractivity contribution in [2.45, 2.75) is 6.42 Å². The highest BCUT2D eigenvalue weighted by Crippen LogP contribution is 2.43. The number of hydrogen-bond acceptors (Lipinski definition) is 3. The van der Waals surface area contributed by atoms with E-state index in [9.17, 15) is 0 Å². The summed E-state index contributed by atoms with van der Waals surface area (Å²) in [5, 5.41) is 5.21. The minimum absolute atomic E-state index is 0.539. The van der Waals surface area contributed by atoms with Gasteiger partial charge in [-0.05, 0) is 62.4 Å². The molecule has 3 heteroatoms. The molecule has 146 valence electrons. The van der Waals surface area contributed by atoms with Gasteiger partial charge >= 0.3 is 0 Å². The molecule has 4 aromatic carbocycles. The molecule has 0 atom stereocenters. The fourth-order valence-electron chi connectivity index (χ4n) is 4.32. The average Bonchev–Trinajstić information content (AvgIpc) is 3.15. The van der Waals surface area contributed by atoms with Gasteiger partial charge in [0.2, 0.25) is 0 Å². The molecule has 0 unspecified atom stereocenters. The zero-order chi connectivity index (χ0) is 19.6. The highest BCUT2D eigenvalue weighted by atomic mass is 16.5. The lowest BCUT2D eigenvalue weighted by molar-refractivity contribution is 0.0544. The molecule has 29 heavy (non-hydrogen) atoms. The number of ether oxygens (including phenoxy) is 3. The Kier molecular flexibility index (Phi) is 4.92. The van der Waals surface area contributed by atoms with E-state index in [4.69, 9.17) is 14.2 Å². The molecule has 0 bridgehead atoms. The van der Waals surface area contributed by atoms with Crippen LogP contribution in [-0.4, -0.2) is 33.5 Å². The summed E-state index contributed by atoms with van der Waals surface area (Å²) >= 11 is 0. The topological polar surface area (TPSA) is 27.7 Å². The lowest BCUT2D eigenvalue weighted by atomic mass is 9.98. The smallest absolute Gasteiger partial charge is 0.120 e. The van der Waals surface area contributed by atoms with Crippen LogP contribution in [0.25, 0.3) is 32.7 Å². The van der Waals surface area contributed by atoms with Crippen molar-refractivity contribution >= 4 is 21.5 Å². The van der Waals surface area contributed by atoms with Gasteiger partial charge in [-0.25, -0.2) is 0 Å². The van der Waals surface area contributed by atoms with E-state index in [-0.39, 0.29) is 0 Å². The first kappa shape index (κ1) is 18.2. The molecule has 0 fully saturated rings. The van der Waals surface area contributed by atoms with E-state index in [1.54, 1.807) is 7.11 Å². The zero-order valence-corrected chi connectivity index (χ0v) is 16.6. The summed E-state index contributed by atoms with van der Waals surface area (Å²) in [6.45, 7) is 2.31. The lowest BCUT2D eigenvalue weighted by Gasteiger charge is -2.10. The summed E-state index contributed by atoms with van der Waals surface area (Å²) in [6.07, 6.45) is 0.983. The quantitative estimate of drug-likeness (QED) is 0.342. The molecule has 0 saturated carbocycles. The van der Waals surface area contributed by atoms with Crippen molar-refractivity contribution in [1.29, 1.82) is 0 Å². The van der Waals surface area contributed by atoms with Gasteiger partial charge in [0.05, 0.1) is 19.8 Å². The maximum absolute atomic E-state index is 5.87. The van der Waals surface area contributed by atoms with Gasteiger partial charge in [0.1, 0.15) is 12.4 Å². The van der Waals surface area contributed by atoms with Crippen molar-refractivity contribution in [3.05, 3.63) is 77.9 Å². The van der Waals surface area contributed by atoms with E-state index < -0.39 is 0 Å². The van der Waals surface area contributed by atoms with Gasteiger partial charge < -0.3 is 14.2 Å². The maximum Gasteiger partial charge on any atom is 0.120 e. The summed E-state index contributed by atoms with van der Waals surface area (Å²) in [7, 11) is 1.67. The van der Waals surface area contributed by atoms with Gasteiger partial charge in [-0.3, -0.25) is 0 Å². The van der Waals surface area contributed by atoms with Gasteiger partial charge in [-0.2, -0.15) is 0 Å². The second kappa shape index (κ2) is 7.86. The Morgan fingerprint density at radius 2 is 1.41 bits per heavy atom. The fraction of sp³-hybridized carbons (Fsp3) is 0.231. The third-order valence-electron chi connectivity index (χ3n) is 5.72. The Morgan fingerprint density at radius 1 is 0.690 bits per heavy atom. The van der Waals surface area contributed by atoms with Crippen LogP contribution in [0.3, 0.4) is 0 Å².